The number of benzene rings is 1. The van der Waals surface area contributed by atoms with Crippen LogP contribution in [0.3, 0.4) is 0 Å². The van der Waals surface area contributed by atoms with Crippen LogP contribution in [0.2, 0.25) is 0 Å². The van der Waals surface area contributed by atoms with E-state index in [-0.39, 0.29) is 6.10 Å². The standard InChI is InChI=1S/C15H25NO2/c1-4-14-7-5-8-15(11-14)18-13(2)12-16-9-6-10-17-3/h5,7-8,11,13,16H,4,6,9-10,12H2,1-3H3. The lowest BCUT2D eigenvalue weighted by Gasteiger charge is -2.16. The van der Waals surface area contributed by atoms with Crippen LogP contribution < -0.4 is 10.1 Å². The molecule has 0 spiro atoms. The fourth-order valence-electron chi connectivity index (χ4n) is 1.76. The quantitative estimate of drug-likeness (QED) is 0.684. The van der Waals surface area contributed by atoms with Gasteiger partial charge in [-0.15, -0.1) is 0 Å². The Bertz CT molecular complexity index is 328. The molecule has 3 nitrogen and oxygen atoms in total. The number of aryl methyl sites for hydroxylation is 1. The second-order valence-corrected chi connectivity index (χ2v) is 4.48. The van der Waals surface area contributed by atoms with Gasteiger partial charge in [0.15, 0.2) is 0 Å². The van der Waals surface area contributed by atoms with Crippen LogP contribution in [0.5, 0.6) is 5.75 Å². The summed E-state index contributed by atoms with van der Waals surface area (Å²) in [7, 11) is 1.73. The van der Waals surface area contributed by atoms with Crippen LogP contribution in [0.25, 0.3) is 0 Å². The molecule has 0 saturated carbocycles. The van der Waals surface area contributed by atoms with E-state index in [0.717, 1.165) is 38.3 Å². The van der Waals surface area contributed by atoms with E-state index in [9.17, 15) is 0 Å². The summed E-state index contributed by atoms with van der Waals surface area (Å²) in [4.78, 5) is 0. The molecule has 0 bridgehead atoms. The van der Waals surface area contributed by atoms with E-state index in [1.807, 2.05) is 12.1 Å². The molecule has 1 N–H and O–H groups in total. The molecular weight excluding hydrogens is 226 g/mol. The van der Waals surface area contributed by atoms with Crippen LogP contribution in [0.4, 0.5) is 0 Å². The molecule has 18 heavy (non-hydrogen) atoms. The molecule has 0 aliphatic heterocycles. The van der Waals surface area contributed by atoms with Gasteiger partial charge >= 0.3 is 0 Å². The van der Waals surface area contributed by atoms with Gasteiger partial charge in [0.25, 0.3) is 0 Å². The predicted octanol–water partition coefficient (Wildman–Crippen LogP) is 2.64. The Balaban J connectivity index is 2.24. The van der Waals surface area contributed by atoms with Gasteiger partial charge in [0, 0.05) is 20.3 Å². The van der Waals surface area contributed by atoms with Crippen LogP contribution in [-0.4, -0.2) is 32.9 Å². The number of hydrogen-bond acceptors (Lipinski definition) is 3. The number of nitrogens with one attached hydrogen (secondary N) is 1. The minimum atomic E-state index is 0.180. The Morgan fingerprint density at radius 3 is 2.89 bits per heavy atom. The molecule has 0 amide bonds. The molecule has 0 aromatic heterocycles. The lowest BCUT2D eigenvalue weighted by Crippen LogP contribution is -2.30. The molecule has 1 atom stereocenters. The van der Waals surface area contributed by atoms with Gasteiger partial charge in [0.05, 0.1) is 0 Å². The number of ether oxygens (including phenoxy) is 2. The summed E-state index contributed by atoms with van der Waals surface area (Å²) >= 11 is 0. The summed E-state index contributed by atoms with van der Waals surface area (Å²) in [6, 6.07) is 8.30. The zero-order valence-electron chi connectivity index (χ0n) is 11.7. The van der Waals surface area contributed by atoms with Crippen molar-refractivity contribution in [3.8, 4) is 5.75 Å². The summed E-state index contributed by atoms with van der Waals surface area (Å²) in [6.07, 6.45) is 2.26. The van der Waals surface area contributed by atoms with Crippen LogP contribution in [-0.2, 0) is 11.2 Å². The lowest BCUT2D eigenvalue weighted by atomic mass is 10.2. The van der Waals surface area contributed by atoms with E-state index >= 15 is 0 Å². The Kier molecular flexibility index (Phi) is 7.46. The molecular formula is C15H25NO2. The fraction of sp³-hybridized carbons (Fsp3) is 0.600. The van der Waals surface area contributed by atoms with Crippen molar-refractivity contribution in [2.75, 3.05) is 26.8 Å². The molecule has 0 radical (unpaired) electrons. The third-order valence-electron chi connectivity index (χ3n) is 2.78. The lowest BCUT2D eigenvalue weighted by molar-refractivity contribution is 0.188. The van der Waals surface area contributed by atoms with Crippen molar-refractivity contribution in [1.29, 1.82) is 0 Å². The molecule has 0 aliphatic carbocycles. The average Bonchev–Trinajstić information content (AvgIpc) is 2.38. The first-order valence-electron chi connectivity index (χ1n) is 6.71. The maximum atomic E-state index is 5.87. The second-order valence-electron chi connectivity index (χ2n) is 4.48. The molecule has 0 saturated heterocycles. The Morgan fingerprint density at radius 1 is 1.33 bits per heavy atom. The predicted molar refractivity (Wildman–Crippen MR) is 75.3 cm³/mol. The topological polar surface area (TPSA) is 30.5 Å². The first kappa shape index (κ1) is 15.0. The van der Waals surface area contributed by atoms with Gasteiger partial charge in [-0.05, 0) is 44.0 Å². The van der Waals surface area contributed by atoms with Crippen molar-refractivity contribution in [3.05, 3.63) is 29.8 Å². The second kappa shape index (κ2) is 8.95. The van der Waals surface area contributed by atoms with Crippen LogP contribution in [0.15, 0.2) is 24.3 Å². The molecule has 0 aliphatic rings. The van der Waals surface area contributed by atoms with E-state index in [0.29, 0.717) is 0 Å². The minimum absolute atomic E-state index is 0.180. The van der Waals surface area contributed by atoms with Gasteiger partial charge in [-0.3, -0.25) is 0 Å². The maximum Gasteiger partial charge on any atom is 0.120 e. The molecule has 1 aromatic rings. The Labute approximate surface area is 110 Å². The number of rotatable bonds is 9. The van der Waals surface area contributed by atoms with Gasteiger partial charge in [-0.2, -0.15) is 0 Å². The summed E-state index contributed by atoms with van der Waals surface area (Å²) in [5.74, 6) is 0.959. The van der Waals surface area contributed by atoms with Crippen LogP contribution in [0, 0.1) is 0 Å². The van der Waals surface area contributed by atoms with Gasteiger partial charge in [-0.1, -0.05) is 19.1 Å². The highest BCUT2D eigenvalue weighted by Gasteiger charge is 2.03. The molecule has 1 aromatic carbocycles. The molecule has 1 unspecified atom stereocenters. The van der Waals surface area contributed by atoms with E-state index in [1.165, 1.54) is 5.56 Å². The SMILES string of the molecule is CCc1cccc(OC(C)CNCCCOC)c1. The highest BCUT2D eigenvalue weighted by atomic mass is 16.5. The largest absolute Gasteiger partial charge is 0.489 e. The van der Waals surface area contributed by atoms with Gasteiger partial charge in [0.2, 0.25) is 0 Å². The molecule has 0 fully saturated rings. The summed E-state index contributed by atoms with van der Waals surface area (Å²) in [5, 5.41) is 3.36. The number of methoxy groups -OCH3 is 1. The van der Waals surface area contributed by atoms with Crippen molar-refractivity contribution < 1.29 is 9.47 Å². The number of hydrogen-bond donors (Lipinski definition) is 1. The van der Waals surface area contributed by atoms with E-state index in [2.05, 4.69) is 31.3 Å². The molecule has 1 rings (SSSR count). The average molecular weight is 251 g/mol. The highest BCUT2D eigenvalue weighted by Crippen LogP contribution is 2.15. The minimum Gasteiger partial charge on any atom is -0.489 e. The van der Waals surface area contributed by atoms with E-state index < -0.39 is 0 Å². The van der Waals surface area contributed by atoms with Gasteiger partial charge < -0.3 is 14.8 Å². The Hall–Kier alpha value is -1.06. The molecule has 3 heteroatoms. The summed E-state index contributed by atoms with van der Waals surface area (Å²) < 4.78 is 10.9. The monoisotopic (exact) mass is 251 g/mol. The molecule has 102 valence electrons. The van der Waals surface area contributed by atoms with Gasteiger partial charge in [0.1, 0.15) is 11.9 Å². The van der Waals surface area contributed by atoms with Crippen LogP contribution >= 0.6 is 0 Å². The van der Waals surface area contributed by atoms with Crippen molar-refractivity contribution in [2.24, 2.45) is 0 Å². The van der Waals surface area contributed by atoms with Crippen molar-refractivity contribution in [1.82, 2.24) is 5.32 Å². The van der Waals surface area contributed by atoms with Crippen LogP contribution in [0.1, 0.15) is 25.8 Å². The van der Waals surface area contributed by atoms with E-state index in [4.69, 9.17) is 9.47 Å². The zero-order valence-corrected chi connectivity index (χ0v) is 11.7. The van der Waals surface area contributed by atoms with Crippen molar-refractivity contribution >= 4 is 0 Å². The zero-order chi connectivity index (χ0) is 13.2. The summed E-state index contributed by atoms with van der Waals surface area (Å²) in [5.41, 5.74) is 1.31. The third-order valence-corrected chi connectivity index (χ3v) is 2.78. The normalized spacial score (nSPS) is 12.4. The van der Waals surface area contributed by atoms with Gasteiger partial charge in [-0.25, -0.2) is 0 Å². The smallest absolute Gasteiger partial charge is 0.120 e. The third kappa shape index (κ3) is 6.03. The van der Waals surface area contributed by atoms with E-state index in [1.54, 1.807) is 7.11 Å². The molecule has 0 heterocycles. The first-order chi connectivity index (χ1) is 8.76. The first-order valence-corrected chi connectivity index (χ1v) is 6.71. The van der Waals surface area contributed by atoms with Crippen molar-refractivity contribution in [3.63, 3.8) is 0 Å². The maximum absolute atomic E-state index is 5.87. The fourth-order valence-corrected chi connectivity index (χ4v) is 1.76. The Morgan fingerprint density at radius 2 is 2.17 bits per heavy atom. The van der Waals surface area contributed by atoms with Crippen molar-refractivity contribution in [2.45, 2.75) is 32.8 Å². The summed E-state index contributed by atoms with van der Waals surface area (Å²) in [6.45, 7) is 6.87. The highest BCUT2D eigenvalue weighted by molar-refractivity contribution is 5.28.